The molecule has 46 valence electrons. The highest BCUT2D eigenvalue weighted by Gasteiger charge is 2.00. The third kappa shape index (κ3) is 0.937. The van der Waals surface area contributed by atoms with Crippen molar-refractivity contribution in [3.63, 3.8) is 0 Å². The summed E-state index contributed by atoms with van der Waals surface area (Å²) in [6.45, 7) is 0. The molecule has 0 aromatic heterocycles. The van der Waals surface area contributed by atoms with E-state index in [1.165, 1.54) is 12.1 Å². The molecule has 0 saturated heterocycles. The van der Waals surface area contributed by atoms with Crippen LogP contribution in [0.25, 0.3) is 0 Å². The van der Waals surface area contributed by atoms with Gasteiger partial charge >= 0.3 is 0 Å². The zero-order chi connectivity index (χ0) is 6.85. The number of nitrogen functional groups attached to an aromatic ring is 1. The van der Waals surface area contributed by atoms with Crippen molar-refractivity contribution in [1.82, 2.24) is 5.73 Å². The highest BCUT2D eigenvalue weighted by atomic mass is 19.1. The third-order valence-electron chi connectivity index (χ3n) is 1.02. The van der Waals surface area contributed by atoms with Gasteiger partial charge in [-0.1, -0.05) is 6.07 Å². The average Bonchev–Trinajstić information content (AvgIpc) is 1.83. The Morgan fingerprint density at radius 3 is 2.56 bits per heavy atom. The number of nitrogens with two attached hydrogens (primary N) is 1. The zero-order valence-electron chi connectivity index (χ0n) is 4.63. The van der Waals surface area contributed by atoms with Crippen LogP contribution in [0.5, 0.6) is 0 Å². The molecular formula is C6H5FN2. The van der Waals surface area contributed by atoms with E-state index in [4.69, 9.17) is 11.5 Å². The lowest BCUT2D eigenvalue weighted by molar-refractivity contribution is 0.629. The van der Waals surface area contributed by atoms with Crippen LogP contribution in [0.1, 0.15) is 0 Å². The van der Waals surface area contributed by atoms with E-state index < -0.39 is 11.5 Å². The Morgan fingerprint density at radius 2 is 2.11 bits per heavy atom. The van der Waals surface area contributed by atoms with Gasteiger partial charge in [-0.05, 0) is 12.1 Å². The van der Waals surface area contributed by atoms with Crippen LogP contribution in [0, 0.1) is 5.82 Å². The van der Waals surface area contributed by atoms with Crippen LogP contribution in [0.3, 0.4) is 0 Å². The van der Waals surface area contributed by atoms with E-state index in [9.17, 15) is 4.39 Å². The van der Waals surface area contributed by atoms with Crippen LogP contribution in [0.15, 0.2) is 18.2 Å². The van der Waals surface area contributed by atoms with E-state index in [0.717, 1.165) is 6.07 Å². The molecule has 1 aromatic carbocycles. The molecule has 0 aliphatic rings. The van der Waals surface area contributed by atoms with Crippen LogP contribution in [0.2, 0.25) is 0 Å². The Morgan fingerprint density at radius 1 is 1.44 bits per heavy atom. The van der Waals surface area contributed by atoms with Gasteiger partial charge in [0.1, 0.15) is 5.69 Å². The molecule has 0 unspecified atom stereocenters. The van der Waals surface area contributed by atoms with Gasteiger partial charge in [0, 0.05) is 0 Å². The smallest absolute Gasteiger partial charge is 0.152 e. The Bertz CT molecular complexity index is 202. The van der Waals surface area contributed by atoms with Gasteiger partial charge in [-0.2, -0.15) is 0 Å². The number of anilines is 1. The maximum absolute atomic E-state index is 12.2. The minimum Gasteiger partial charge on any atom is -0.397 e. The zero-order valence-corrected chi connectivity index (χ0v) is 4.63. The molecule has 0 heterocycles. The number of nitrogens with zero attached hydrogens (tertiary/aromatic N) is 1. The van der Waals surface area contributed by atoms with Gasteiger partial charge in [0.25, 0.3) is 0 Å². The Hall–Kier alpha value is -1.25. The number of rotatable bonds is 0. The number of hydrogen-bond donors (Lipinski definition) is 1. The number of hydrogen-bond acceptors (Lipinski definition) is 1. The fourth-order valence-electron chi connectivity index (χ4n) is 0.532. The van der Waals surface area contributed by atoms with Crippen molar-refractivity contribution in [3.8, 4) is 0 Å². The molecule has 2 nitrogen and oxygen atoms in total. The van der Waals surface area contributed by atoms with Crippen molar-refractivity contribution >= 4 is 11.4 Å². The van der Waals surface area contributed by atoms with E-state index in [1.54, 1.807) is 0 Å². The van der Waals surface area contributed by atoms with Crippen LogP contribution in [-0.4, -0.2) is 0 Å². The van der Waals surface area contributed by atoms with Gasteiger partial charge < -0.3 is 5.73 Å². The first-order chi connectivity index (χ1) is 4.22. The first-order valence-corrected chi connectivity index (χ1v) is 2.45. The van der Waals surface area contributed by atoms with Crippen molar-refractivity contribution < 1.29 is 4.39 Å². The van der Waals surface area contributed by atoms with E-state index in [0.29, 0.717) is 0 Å². The maximum Gasteiger partial charge on any atom is 0.152 e. The minimum absolute atomic E-state index is 0.0648. The van der Waals surface area contributed by atoms with Crippen LogP contribution < -0.4 is 11.5 Å². The van der Waals surface area contributed by atoms with E-state index >= 15 is 0 Å². The maximum atomic E-state index is 12.2. The van der Waals surface area contributed by atoms with Crippen molar-refractivity contribution in [3.05, 3.63) is 24.0 Å². The van der Waals surface area contributed by atoms with E-state index in [1.807, 2.05) is 0 Å². The molecule has 0 bridgehead atoms. The van der Waals surface area contributed by atoms with Crippen molar-refractivity contribution in [2.45, 2.75) is 0 Å². The molecule has 1 aromatic rings. The lowest BCUT2D eigenvalue weighted by atomic mass is 10.3. The predicted octanol–water partition coefficient (Wildman–Crippen LogP) is 1.11. The molecule has 3 heteroatoms. The molecule has 0 aliphatic heterocycles. The topological polar surface area (TPSA) is 48.3 Å². The fourth-order valence-corrected chi connectivity index (χ4v) is 0.532. The summed E-state index contributed by atoms with van der Waals surface area (Å²) < 4.78 is 12.2. The van der Waals surface area contributed by atoms with Gasteiger partial charge in [0.05, 0.1) is 5.69 Å². The summed E-state index contributed by atoms with van der Waals surface area (Å²) in [7, 11) is 0. The monoisotopic (exact) mass is 124 g/mol. The molecule has 0 saturated carbocycles. The lowest BCUT2D eigenvalue weighted by Gasteiger charge is -1.94. The number of benzene rings is 1. The summed E-state index contributed by atoms with van der Waals surface area (Å²) in [6, 6.07) is 4.01. The Kier molecular flexibility index (Phi) is 1.26. The average molecular weight is 124 g/mol. The van der Waals surface area contributed by atoms with Gasteiger partial charge in [0.15, 0.2) is 5.82 Å². The lowest BCUT2D eigenvalue weighted by Crippen LogP contribution is -1.88. The van der Waals surface area contributed by atoms with Crippen molar-refractivity contribution in [1.29, 1.82) is 0 Å². The highest BCUT2D eigenvalue weighted by Crippen LogP contribution is 2.18. The second-order valence-electron chi connectivity index (χ2n) is 1.68. The predicted molar refractivity (Wildman–Crippen MR) is 32.6 cm³/mol. The van der Waals surface area contributed by atoms with E-state index in [2.05, 4.69) is 0 Å². The van der Waals surface area contributed by atoms with E-state index in [-0.39, 0.29) is 5.69 Å². The van der Waals surface area contributed by atoms with Crippen molar-refractivity contribution in [2.24, 2.45) is 0 Å². The molecule has 2 N–H and O–H groups in total. The van der Waals surface area contributed by atoms with Gasteiger partial charge in [-0.15, -0.1) is 5.73 Å². The Balaban J connectivity index is 3.25. The summed E-state index contributed by atoms with van der Waals surface area (Å²) in [5.41, 5.74) is 13.4. The van der Waals surface area contributed by atoms with Crippen LogP contribution in [0.4, 0.5) is 15.8 Å². The molecule has 2 radical (unpaired) electrons. The summed E-state index contributed by atoms with van der Waals surface area (Å²) in [5.74, 6) is -0.685. The summed E-state index contributed by atoms with van der Waals surface area (Å²) in [6.07, 6.45) is 0. The molecule has 0 spiro atoms. The molecule has 9 heavy (non-hydrogen) atoms. The molecule has 0 amide bonds. The van der Waals surface area contributed by atoms with Gasteiger partial charge in [-0.25, -0.2) is 4.39 Å². The molecule has 1 rings (SSSR count). The van der Waals surface area contributed by atoms with Gasteiger partial charge in [0.2, 0.25) is 0 Å². The van der Waals surface area contributed by atoms with Gasteiger partial charge in [-0.3, -0.25) is 0 Å². The fraction of sp³-hybridized carbons (Fsp3) is 0. The standard InChI is InChI=1S/C6H5FN2/c7-4-2-1-3-5(8)6(4)9/h1-3H,8H2. The molecule has 0 fully saturated rings. The number of halogens is 1. The molecule has 0 atom stereocenters. The summed E-state index contributed by atoms with van der Waals surface area (Å²) in [5, 5.41) is 0. The normalized spacial score (nSPS) is 9.44. The second-order valence-corrected chi connectivity index (χ2v) is 1.68. The summed E-state index contributed by atoms with van der Waals surface area (Å²) >= 11 is 0. The highest BCUT2D eigenvalue weighted by molar-refractivity contribution is 5.60. The van der Waals surface area contributed by atoms with Crippen LogP contribution >= 0.6 is 0 Å². The minimum atomic E-state index is -0.685. The van der Waals surface area contributed by atoms with Crippen LogP contribution in [-0.2, 0) is 0 Å². The van der Waals surface area contributed by atoms with Crippen molar-refractivity contribution in [2.75, 3.05) is 5.73 Å². The molecular weight excluding hydrogens is 119 g/mol. The Labute approximate surface area is 52.3 Å². The molecule has 0 aliphatic carbocycles. The third-order valence-corrected chi connectivity index (χ3v) is 1.02. The second kappa shape index (κ2) is 1.93. The first-order valence-electron chi connectivity index (χ1n) is 2.45. The SMILES string of the molecule is [N]c1c(N)cccc1F. The summed E-state index contributed by atoms with van der Waals surface area (Å²) in [4.78, 5) is 0. The first kappa shape index (κ1) is 5.88. The largest absolute Gasteiger partial charge is 0.397 e. The quantitative estimate of drug-likeness (QED) is 0.517.